The molecule has 0 spiro atoms. The summed E-state index contributed by atoms with van der Waals surface area (Å²) in [5.41, 5.74) is 5.27. The topological polar surface area (TPSA) is 55.1 Å². The van der Waals surface area contributed by atoms with Crippen molar-refractivity contribution < 1.29 is 9.90 Å². The van der Waals surface area contributed by atoms with E-state index in [0.29, 0.717) is 17.0 Å². The molecule has 1 N–H and O–H groups in total. The number of aromatic carboxylic acids is 1. The molecule has 0 atom stereocenters. The summed E-state index contributed by atoms with van der Waals surface area (Å²) in [7, 11) is 1.80. The molecule has 4 heteroatoms. The second kappa shape index (κ2) is 4.78. The smallest absolute Gasteiger partial charge is 0.339 e. The maximum absolute atomic E-state index is 11.5. The number of aromatic nitrogens is 2. The summed E-state index contributed by atoms with van der Waals surface area (Å²) < 4.78 is 1.67. The number of benzene rings is 1. The highest BCUT2D eigenvalue weighted by Gasteiger charge is 2.21. The van der Waals surface area contributed by atoms with Crippen LogP contribution < -0.4 is 0 Å². The lowest BCUT2D eigenvalue weighted by Gasteiger charge is -2.17. The molecule has 1 aliphatic carbocycles. The van der Waals surface area contributed by atoms with Crippen molar-refractivity contribution in [1.82, 2.24) is 9.78 Å². The van der Waals surface area contributed by atoms with Crippen molar-refractivity contribution >= 4 is 5.97 Å². The number of hydrogen-bond donors (Lipinski definition) is 1. The molecule has 1 aromatic carbocycles. The van der Waals surface area contributed by atoms with Gasteiger partial charge in [-0.2, -0.15) is 5.10 Å². The fraction of sp³-hybridized carbons (Fsp3) is 0.375. The Morgan fingerprint density at radius 2 is 1.95 bits per heavy atom. The van der Waals surface area contributed by atoms with Crippen molar-refractivity contribution in [3.05, 3.63) is 40.6 Å². The highest BCUT2D eigenvalue weighted by atomic mass is 16.4. The fourth-order valence-electron chi connectivity index (χ4n) is 3.13. The number of aryl methyl sites for hydroxylation is 4. The first-order valence-corrected chi connectivity index (χ1v) is 6.97. The first-order chi connectivity index (χ1) is 9.58. The van der Waals surface area contributed by atoms with Crippen molar-refractivity contribution in [3.8, 4) is 11.3 Å². The van der Waals surface area contributed by atoms with E-state index in [-0.39, 0.29) is 0 Å². The van der Waals surface area contributed by atoms with Crippen LogP contribution in [0.4, 0.5) is 0 Å². The van der Waals surface area contributed by atoms with Gasteiger partial charge in [-0.05, 0) is 49.8 Å². The standard InChI is InChI=1S/C16H18N2O2/c1-10-14(16(19)20)15(18(2)17-10)13-8-7-11-5-3-4-6-12(11)9-13/h7-9H,3-6H2,1-2H3,(H,19,20). The minimum absolute atomic E-state index is 0.309. The summed E-state index contributed by atoms with van der Waals surface area (Å²) >= 11 is 0. The monoisotopic (exact) mass is 270 g/mol. The molecule has 4 nitrogen and oxygen atoms in total. The quantitative estimate of drug-likeness (QED) is 0.912. The minimum Gasteiger partial charge on any atom is -0.478 e. The molecule has 0 saturated carbocycles. The highest BCUT2D eigenvalue weighted by Crippen LogP contribution is 2.30. The predicted octanol–water partition coefficient (Wildman–Crippen LogP) is 2.97. The third-order valence-electron chi connectivity index (χ3n) is 4.06. The van der Waals surface area contributed by atoms with Gasteiger partial charge in [0.05, 0.1) is 11.4 Å². The molecule has 1 heterocycles. The molecule has 1 aliphatic rings. The van der Waals surface area contributed by atoms with Crippen LogP contribution in [0.15, 0.2) is 18.2 Å². The van der Waals surface area contributed by atoms with Crippen molar-refractivity contribution in [2.45, 2.75) is 32.6 Å². The molecule has 0 amide bonds. The van der Waals surface area contributed by atoms with Crippen LogP contribution in [-0.4, -0.2) is 20.9 Å². The van der Waals surface area contributed by atoms with Crippen molar-refractivity contribution in [2.24, 2.45) is 7.05 Å². The zero-order valence-electron chi connectivity index (χ0n) is 11.8. The average Bonchev–Trinajstić information content (AvgIpc) is 2.73. The fourth-order valence-corrected chi connectivity index (χ4v) is 3.13. The average molecular weight is 270 g/mol. The minimum atomic E-state index is -0.914. The number of fused-ring (bicyclic) bond motifs is 1. The van der Waals surface area contributed by atoms with Gasteiger partial charge in [0.15, 0.2) is 0 Å². The SMILES string of the molecule is Cc1nn(C)c(-c2ccc3c(c2)CCCC3)c1C(=O)O. The molecule has 0 radical (unpaired) electrons. The van der Waals surface area contributed by atoms with Gasteiger partial charge in [-0.15, -0.1) is 0 Å². The van der Waals surface area contributed by atoms with Crippen molar-refractivity contribution in [1.29, 1.82) is 0 Å². The van der Waals surface area contributed by atoms with E-state index < -0.39 is 5.97 Å². The maximum Gasteiger partial charge on any atom is 0.339 e. The summed E-state index contributed by atoms with van der Waals surface area (Å²) in [6.45, 7) is 1.74. The van der Waals surface area contributed by atoms with E-state index in [1.54, 1.807) is 18.7 Å². The van der Waals surface area contributed by atoms with E-state index in [4.69, 9.17) is 0 Å². The maximum atomic E-state index is 11.5. The molecule has 0 unspecified atom stereocenters. The third kappa shape index (κ3) is 2.01. The lowest BCUT2D eigenvalue weighted by Crippen LogP contribution is -2.05. The van der Waals surface area contributed by atoms with Gasteiger partial charge >= 0.3 is 5.97 Å². The summed E-state index contributed by atoms with van der Waals surface area (Å²) in [5.74, 6) is -0.914. The Kier molecular flexibility index (Phi) is 3.08. The zero-order valence-corrected chi connectivity index (χ0v) is 11.8. The van der Waals surface area contributed by atoms with Gasteiger partial charge in [-0.25, -0.2) is 4.79 Å². The largest absolute Gasteiger partial charge is 0.478 e. The van der Waals surface area contributed by atoms with Crippen LogP contribution >= 0.6 is 0 Å². The molecule has 104 valence electrons. The second-order valence-electron chi connectivity index (χ2n) is 5.43. The zero-order chi connectivity index (χ0) is 14.3. The Bertz CT molecular complexity index is 686. The third-order valence-corrected chi connectivity index (χ3v) is 4.06. The normalized spacial score (nSPS) is 14.1. The molecule has 0 aliphatic heterocycles. The Hall–Kier alpha value is -2.10. The number of carboxylic acid groups (broad SMARTS) is 1. The van der Waals surface area contributed by atoms with Gasteiger partial charge in [0.2, 0.25) is 0 Å². The van der Waals surface area contributed by atoms with Crippen LogP contribution in [0.1, 0.15) is 40.0 Å². The Morgan fingerprint density at radius 3 is 2.65 bits per heavy atom. The van der Waals surface area contributed by atoms with E-state index >= 15 is 0 Å². The van der Waals surface area contributed by atoms with Crippen LogP contribution in [0.25, 0.3) is 11.3 Å². The molecule has 0 fully saturated rings. The Labute approximate surface area is 118 Å². The van der Waals surface area contributed by atoms with Gasteiger partial charge in [0.25, 0.3) is 0 Å². The van der Waals surface area contributed by atoms with Gasteiger partial charge in [-0.1, -0.05) is 12.1 Å². The van der Waals surface area contributed by atoms with Crippen LogP contribution in [0.2, 0.25) is 0 Å². The van der Waals surface area contributed by atoms with Crippen molar-refractivity contribution in [3.63, 3.8) is 0 Å². The van der Waals surface area contributed by atoms with Crippen molar-refractivity contribution in [2.75, 3.05) is 0 Å². The Morgan fingerprint density at radius 1 is 1.25 bits per heavy atom. The van der Waals surface area contributed by atoms with Gasteiger partial charge in [-0.3, -0.25) is 4.68 Å². The number of carboxylic acids is 1. The summed E-state index contributed by atoms with van der Waals surface area (Å²) in [6.07, 6.45) is 4.68. The lowest BCUT2D eigenvalue weighted by molar-refractivity contribution is 0.0697. The molecule has 3 rings (SSSR count). The predicted molar refractivity (Wildman–Crippen MR) is 77.0 cm³/mol. The van der Waals surface area contributed by atoms with Crippen LogP contribution in [0.5, 0.6) is 0 Å². The van der Waals surface area contributed by atoms with E-state index in [0.717, 1.165) is 18.4 Å². The number of carbonyl (C=O) groups is 1. The Balaban J connectivity index is 2.16. The van der Waals surface area contributed by atoms with Gasteiger partial charge < -0.3 is 5.11 Å². The molecular weight excluding hydrogens is 252 g/mol. The summed E-state index contributed by atoms with van der Waals surface area (Å²) in [6, 6.07) is 6.29. The van der Waals surface area contributed by atoms with E-state index in [1.165, 1.54) is 24.0 Å². The van der Waals surface area contributed by atoms with E-state index in [2.05, 4.69) is 17.2 Å². The molecule has 1 aromatic heterocycles. The molecular formula is C16H18N2O2. The van der Waals surface area contributed by atoms with Crippen LogP contribution in [0, 0.1) is 6.92 Å². The van der Waals surface area contributed by atoms with Gasteiger partial charge in [0.1, 0.15) is 5.56 Å². The molecule has 0 bridgehead atoms. The molecule has 2 aromatic rings. The first-order valence-electron chi connectivity index (χ1n) is 6.97. The first kappa shape index (κ1) is 12.9. The van der Waals surface area contributed by atoms with Crippen LogP contribution in [-0.2, 0) is 19.9 Å². The molecule has 20 heavy (non-hydrogen) atoms. The van der Waals surface area contributed by atoms with Gasteiger partial charge in [0, 0.05) is 12.6 Å². The second-order valence-corrected chi connectivity index (χ2v) is 5.43. The van der Waals surface area contributed by atoms with E-state index in [9.17, 15) is 9.90 Å². The summed E-state index contributed by atoms with van der Waals surface area (Å²) in [4.78, 5) is 11.5. The lowest BCUT2D eigenvalue weighted by atomic mass is 9.89. The number of nitrogens with zero attached hydrogens (tertiary/aromatic N) is 2. The number of rotatable bonds is 2. The summed E-state index contributed by atoms with van der Waals surface area (Å²) in [5, 5.41) is 13.7. The van der Waals surface area contributed by atoms with Crippen LogP contribution in [0.3, 0.4) is 0 Å². The van der Waals surface area contributed by atoms with E-state index in [1.807, 2.05) is 6.07 Å². The number of hydrogen-bond acceptors (Lipinski definition) is 2. The highest BCUT2D eigenvalue weighted by molar-refractivity contribution is 5.96. The molecule has 0 saturated heterocycles.